The van der Waals surface area contributed by atoms with E-state index in [1.165, 1.54) is 0 Å². The number of carbonyl (C=O) groups excluding carboxylic acids is 1. The van der Waals surface area contributed by atoms with E-state index in [4.69, 9.17) is 0 Å². The lowest BCUT2D eigenvalue weighted by molar-refractivity contribution is -0.122. The van der Waals surface area contributed by atoms with Crippen molar-refractivity contribution in [2.24, 2.45) is 5.41 Å². The number of aromatic amines is 1. The van der Waals surface area contributed by atoms with Crippen LogP contribution in [-0.2, 0) is 11.2 Å². The summed E-state index contributed by atoms with van der Waals surface area (Å²) in [4.78, 5) is 15.5. The summed E-state index contributed by atoms with van der Waals surface area (Å²) >= 11 is 0. The Morgan fingerprint density at radius 1 is 1.14 bits per heavy atom. The number of hydrogen-bond donors (Lipinski definition) is 2. The van der Waals surface area contributed by atoms with Crippen LogP contribution in [-0.4, -0.2) is 16.4 Å². The van der Waals surface area contributed by atoms with E-state index in [-0.39, 0.29) is 16.9 Å². The SMILES string of the molecule is CC(C)(C)CC(C)(C)NC(=O)Cc1c[nH]c2ccccc12. The molecule has 0 radical (unpaired) electrons. The zero-order chi connectivity index (χ0) is 15.7. The Morgan fingerprint density at radius 2 is 1.81 bits per heavy atom. The molecule has 21 heavy (non-hydrogen) atoms. The first-order valence-corrected chi connectivity index (χ1v) is 7.52. The van der Waals surface area contributed by atoms with Gasteiger partial charge in [-0.15, -0.1) is 0 Å². The molecule has 0 aliphatic rings. The van der Waals surface area contributed by atoms with Crippen LogP contribution in [0.1, 0.15) is 46.6 Å². The van der Waals surface area contributed by atoms with Crippen LogP contribution in [0.5, 0.6) is 0 Å². The Kier molecular flexibility index (Phi) is 4.13. The molecule has 1 amide bonds. The van der Waals surface area contributed by atoms with Gasteiger partial charge in [0.05, 0.1) is 6.42 Å². The van der Waals surface area contributed by atoms with Gasteiger partial charge < -0.3 is 10.3 Å². The van der Waals surface area contributed by atoms with Gasteiger partial charge in [-0.3, -0.25) is 4.79 Å². The molecule has 2 rings (SSSR count). The first-order chi connectivity index (χ1) is 9.66. The topological polar surface area (TPSA) is 44.9 Å². The number of carbonyl (C=O) groups is 1. The third-order valence-electron chi connectivity index (χ3n) is 3.48. The van der Waals surface area contributed by atoms with Crippen LogP contribution in [0.2, 0.25) is 0 Å². The third kappa shape index (κ3) is 4.35. The average molecular weight is 286 g/mol. The highest BCUT2D eigenvalue weighted by molar-refractivity contribution is 5.89. The van der Waals surface area contributed by atoms with Crippen LogP contribution in [0.15, 0.2) is 30.5 Å². The molecule has 0 spiro atoms. The normalized spacial score (nSPS) is 12.6. The molecule has 0 saturated heterocycles. The van der Waals surface area contributed by atoms with E-state index >= 15 is 0 Å². The maximum Gasteiger partial charge on any atom is 0.224 e. The standard InChI is InChI=1S/C18H26N2O/c1-17(2,3)12-18(4,5)20-16(21)10-13-11-19-15-9-7-6-8-14(13)15/h6-9,11,19H,10,12H2,1-5H3,(H,20,21). The first kappa shape index (κ1) is 15.6. The fourth-order valence-corrected chi connectivity index (χ4v) is 3.24. The second kappa shape index (κ2) is 5.55. The van der Waals surface area contributed by atoms with E-state index in [0.29, 0.717) is 6.42 Å². The minimum absolute atomic E-state index is 0.0778. The average Bonchev–Trinajstić information content (AvgIpc) is 2.68. The molecule has 0 aliphatic heterocycles. The van der Waals surface area contributed by atoms with Crippen LogP contribution >= 0.6 is 0 Å². The van der Waals surface area contributed by atoms with Crippen molar-refractivity contribution in [3.05, 3.63) is 36.0 Å². The fraction of sp³-hybridized carbons (Fsp3) is 0.500. The largest absolute Gasteiger partial charge is 0.361 e. The fourth-order valence-electron chi connectivity index (χ4n) is 3.24. The number of fused-ring (bicyclic) bond motifs is 1. The number of benzene rings is 1. The van der Waals surface area contributed by atoms with Crippen LogP contribution in [0.4, 0.5) is 0 Å². The molecule has 3 heteroatoms. The maximum atomic E-state index is 12.3. The Bertz CT molecular complexity index is 632. The van der Waals surface area contributed by atoms with Gasteiger partial charge in [-0.2, -0.15) is 0 Å². The van der Waals surface area contributed by atoms with E-state index in [2.05, 4.69) is 51.0 Å². The Balaban J connectivity index is 2.05. The molecule has 0 unspecified atom stereocenters. The molecular formula is C18H26N2O. The number of aromatic nitrogens is 1. The summed E-state index contributed by atoms with van der Waals surface area (Å²) in [5, 5.41) is 4.29. The maximum absolute atomic E-state index is 12.3. The van der Waals surface area contributed by atoms with Gasteiger partial charge in [-0.1, -0.05) is 39.0 Å². The Morgan fingerprint density at radius 3 is 2.48 bits per heavy atom. The van der Waals surface area contributed by atoms with Crippen molar-refractivity contribution in [3.8, 4) is 0 Å². The van der Waals surface area contributed by atoms with Gasteiger partial charge in [0, 0.05) is 22.6 Å². The molecule has 1 aromatic carbocycles. The predicted molar refractivity (Wildman–Crippen MR) is 88.3 cm³/mol. The van der Waals surface area contributed by atoms with E-state index in [0.717, 1.165) is 22.9 Å². The summed E-state index contributed by atoms with van der Waals surface area (Å²) in [6.07, 6.45) is 3.29. The van der Waals surface area contributed by atoms with Crippen molar-refractivity contribution in [1.29, 1.82) is 0 Å². The highest BCUT2D eigenvalue weighted by Crippen LogP contribution is 2.27. The number of H-pyrrole nitrogens is 1. The van der Waals surface area contributed by atoms with Crippen LogP contribution in [0.3, 0.4) is 0 Å². The molecule has 0 saturated carbocycles. The Hall–Kier alpha value is -1.77. The van der Waals surface area contributed by atoms with Crippen molar-refractivity contribution in [3.63, 3.8) is 0 Å². The van der Waals surface area contributed by atoms with Gasteiger partial charge in [-0.25, -0.2) is 0 Å². The zero-order valence-corrected chi connectivity index (χ0v) is 13.7. The molecule has 1 aromatic heterocycles. The summed E-state index contributed by atoms with van der Waals surface area (Å²) in [7, 11) is 0. The van der Waals surface area contributed by atoms with Crippen molar-refractivity contribution < 1.29 is 4.79 Å². The minimum atomic E-state index is -0.193. The summed E-state index contributed by atoms with van der Waals surface area (Å²) in [6.45, 7) is 10.8. The molecule has 0 fully saturated rings. The molecule has 0 atom stereocenters. The van der Waals surface area contributed by atoms with Gasteiger partial charge in [0.25, 0.3) is 0 Å². The monoisotopic (exact) mass is 286 g/mol. The number of para-hydroxylation sites is 1. The number of amides is 1. The summed E-state index contributed by atoms with van der Waals surface area (Å²) < 4.78 is 0. The van der Waals surface area contributed by atoms with Gasteiger partial charge in [0.15, 0.2) is 0 Å². The number of rotatable bonds is 4. The van der Waals surface area contributed by atoms with Crippen LogP contribution in [0.25, 0.3) is 10.9 Å². The molecule has 2 aromatic rings. The van der Waals surface area contributed by atoms with E-state index in [1.807, 2.05) is 24.4 Å². The molecular weight excluding hydrogens is 260 g/mol. The molecule has 114 valence electrons. The number of hydrogen-bond acceptors (Lipinski definition) is 1. The van der Waals surface area contributed by atoms with Gasteiger partial charge >= 0.3 is 0 Å². The van der Waals surface area contributed by atoms with Crippen LogP contribution < -0.4 is 5.32 Å². The van der Waals surface area contributed by atoms with Gasteiger partial charge in [0.2, 0.25) is 5.91 Å². The van der Waals surface area contributed by atoms with Gasteiger partial charge in [0.1, 0.15) is 0 Å². The lowest BCUT2D eigenvalue weighted by Crippen LogP contribution is -2.46. The first-order valence-electron chi connectivity index (χ1n) is 7.52. The third-order valence-corrected chi connectivity index (χ3v) is 3.48. The lowest BCUT2D eigenvalue weighted by Gasteiger charge is -2.33. The smallest absolute Gasteiger partial charge is 0.224 e. The van der Waals surface area contributed by atoms with E-state index < -0.39 is 0 Å². The van der Waals surface area contributed by atoms with Crippen molar-refractivity contribution in [2.45, 2.75) is 53.0 Å². The second-order valence-corrected chi connectivity index (χ2v) is 7.71. The van der Waals surface area contributed by atoms with Gasteiger partial charge in [-0.05, 0) is 37.3 Å². The van der Waals surface area contributed by atoms with E-state index in [9.17, 15) is 4.79 Å². The molecule has 3 nitrogen and oxygen atoms in total. The molecule has 0 bridgehead atoms. The highest BCUT2D eigenvalue weighted by atomic mass is 16.1. The number of nitrogens with one attached hydrogen (secondary N) is 2. The minimum Gasteiger partial charge on any atom is -0.361 e. The van der Waals surface area contributed by atoms with Crippen molar-refractivity contribution in [2.75, 3.05) is 0 Å². The molecule has 1 heterocycles. The summed E-state index contributed by atoms with van der Waals surface area (Å²) in [6, 6.07) is 8.07. The Labute approximate surface area is 127 Å². The van der Waals surface area contributed by atoms with Crippen molar-refractivity contribution in [1.82, 2.24) is 10.3 Å². The predicted octanol–water partition coefficient (Wildman–Crippen LogP) is 4.04. The molecule has 2 N–H and O–H groups in total. The second-order valence-electron chi connectivity index (χ2n) is 7.71. The molecule has 0 aliphatic carbocycles. The summed E-state index contributed by atoms with van der Waals surface area (Å²) in [5.41, 5.74) is 2.13. The van der Waals surface area contributed by atoms with E-state index in [1.54, 1.807) is 0 Å². The summed E-state index contributed by atoms with van der Waals surface area (Å²) in [5.74, 6) is 0.0778. The zero-order valence-electron chi connectivity index (χ0n) is 13.7. The lowest BCUT2D eigenvalue weighted by atomic mass is 9.81. The quantitative estimate of drug-likeness (QED) is 0.875. The van der Waals surface area contributed by atoms with Crippen molar-refractivity contribution >= 4 is 16.8 Å². The van der Waals surface area contributed by atoms with Crippen LogP contribution in [0, 0.1) is 5.41 Å². The highest BCUT2D eigenvalue weighted by Gasteiger charge is 2.27.